The van der Waals surface area contributed by atoms with Gasteiger partial charge < -0.3 is 14.7 Å². The average molecular weight is 299 g/mol. The number of methoxy groups -OCH3 is 1. The third-order valence-electron chi connectivity index (χ3n) is 3.39. The molecule has 0 saturated heterocycles. The molecule has 0 heterocycles. The van der Waals surface area contributed by atoms with Crippen molar-refractivity contribution >= 4 is 6.21 Å². The molecule has 0 atom stereocenters. The summed E-state index contributed by atoms with van der Waals surface area (Å²) in [5, 5.41) is 9.85. The molecule has 0 saturated carbocycles. The van der Waals surface area contributed by atoms with Gasteiger partial charge in [-0.1, -0.05) is 24.3 Å². The van der Waals surface area contributed by atoms with E-state index < -0.39 is 0 Å². The second kappa shape index (κ2) is 7.61. The van der Waals surface area contributed by atoms with Gasteiger partial charge in [-0.25, -0.2) is 0 Å². The highest BCUT2D eigenvalue weighted by atomic mass is 16.5. The molecule has 2 aromatic carbocycles. The van der Waals surface area contributed by atoms with Crippen LogP contribution in [0, 0.1) is 0 Å². The van der Waals surface area contributed by atoms with E-state index in [2.05, 4.69) is 37.3 Å². The zero-order valence-corrected chi connectivity index (χ0v) is 13.3. The van der Waals surface area contributed by atoms with E-state index in [1.54, 1.807) is 31.5 Å². The van der Waals surface area contributed by atoms with Crippen molar-refractivity contribution in [3.63, 3.8) is 0 Å². The van der Waals surface area contributed by atoms with Crippen molar-refractivity contribution in [2.24, 2.45) is 4.99 Å². The molecule has 0 spiro atoms. The molecule has 2 aromatic rings. The SMILES string of the molecule is COc1ccc(O)c(C=NCc2ccccc2C[NH+](C)C)c1. The number of aliphatic imine (C=N–C) groups is 1. The number of nitrogens with one attached hydrogen (secondary N) is 1. The molecule has 0 aromatic heterocycles. The maximum atomic E-state index is 9.85. The van der Waals surface area contributed by atoms with Crippen LogP contribution in [0.4, 0.5) is 0 Å². The largest absolute Gasteiger partial charge is 0.507 e. The Morgan fingerprint density at radius 2 is 1.86 bits per heavy atom. The smallest absolute Gasteiger partial charge is 0.124 e. The minimum absolute atomic E-state index is 0.204. The topological polar surface area (TPSA) is 46.3 Å². The fraction of sp³-hybridized carbons (Fsp3) is 0.278. The zero-order valence-electron chi connectivity index (χ0n) is 13.3. The van der Waals surface area contributed by atoms with Crippen LogP contribution >= 0.6 is 0 Å². The Morgan fingerprint density at radius 1 is 1.14 bits per heavy atom. The first kappa shape index (κ1) is 16.0. The molecular formula is C18H23N2O2+. The first-order chi connectivity index (χ1) is 10.6. The molecule has 0 bridgehead atoms. The van der Waals surface area contributed by atoms with Gasteiger partial charge in [0.15, 0.2) is 0 Å². The number of hydrogen-bond donors (Lipinski definition) is 2. The summed E-state index contributed by atoms with van der Waals surface area (Å²) in [6, 6.07) is 13.4. The first-order valence-corrected chi connectivity index (χ1v) is 7.33. The van der Waals surface area contributed by atoms with Crippen molar-refractivity contribution in [1.82, 2.24) is 0 Å². The number of rotatable bonds is 6. The number of hydrogen-bond acceptors (Lipinski definition) is 3. The molecule has 0 amide bonds. The minimum atomic E-state index is 0.204. The second-order valence-corrected chi connectivity index (χ2v) is 5.55. The Morgan fingerprint density at radius 3 is 2.55 bits per heavy atom. The van der Waals surface area contributed by atoms with Crippen molar-refractivity contribution in [2.75, 3.05) is 21.2 Å². The number of ether oxygens (including phenoxy) is 1. The van der Waals surface area contributed by atoms with E-state index in [1.807, 2.05) is 6.07 Å². The third kappa shape index (κ3) is 4.33. The fourth-order valence-electron chi connectivity index (χ4n) is 2.27. The Hall–Kier alpha value is -2.33. The van der Waals surface area contributed by atoms with Crippen molar-refractivity contribution in [3.05, 3.63) is 59.2 Å². The maximum Gasteiger partial charge on any atom is 0.124 e. The first-order valence-electron chi connectivity index (χ1n) is 7.33. The number of phenols is 1. The molecule has 22 heavy (non-hydrogen) atoms. The highest BCUT2D eigenvalue weighted by molar-refractivity contribution is 5.84. The van der Waals surface area contributed by atoms with Gasteiger partial charge in [0.2, 0.25) is 0 Å². The van der Waals surface area contributed by atoms with Gasteiger partial charge in [0.05, 0.1) is 27.7 Å². The quantitative estimate of drug-likeness (QED) is 0.797. The lowest BCUT2D eigenvalue weighted by Crippen LogP contribution is -3.04. The van der Waals surface area contributed by atoms with Crippen LogP contribution in [-0.2, 0) is 13.1 Å². The summed E-state index contributed by atoms with van der Waals surface area (Å²) in [4.78, 5) is 5.84. The number of phenolic OH excluding ortho intramolecular Hbond substituents is 1. The summed E-state index contributed by atoms with van der Waals surface area (Å²) < 4.78 is 5.16. The Bertz CT molecular complexity index is 651. The molecule has 4 nitrogen and oxygen atoms in total. The van der Waals surface area contributed by atoms with Crippen LogP contribution in [0.15, 0.2) is 47.5 Å². The zero-order chi connectivity index (χ0) is 15.9. The highest BCUT2D eigenvalue weighted by Gasteiger charge is 2.05. The van der Waals surface area contributed by atoms with Gasteiger partial charge in [0.1, 0.15) is 18.0 Å². The molecule has 0 aliphatic carbocycles. The van der Waals surface area contributed by atoms with Crippen LogP contribution in [-0.4, -0.2) is 32.5 Å². The van der Waals surface area contributed by atoms with Gasteiger partial charge in [-0.3, -0.25) is 4.99 Å². The van der Waals surface area contributed by atoms with Gasteiger partial charge in [-0.2, -0.15) is 0 Å². The molecule has 0 aliphatic heterocycles. The molecule has 0 aliphatic rings. The van der Waals surface area contributed by atoms with Crippen molar-refractivity contribution in [2.45, 2.75) is 13.1 Å². The van der Waals surface area contributed by atoms with Gasteiger partial charge in [0.25, 0.3) is 0 Å². The van der Waals surface area contributed by atoms with E-state index in [4.69, 9.17) is 4.74 Å². The van der Waals surface area contributed by atoms with Crippen LogP contribution in [0.2, 0.25) is 0 Å². The molecule has 116 valence electrons. The molecule has 0 radical (unpaired) electrons. The number of quaternary nitrogens is 1. The van der Waals surface area contributed by atoms with E-state index in [-0.39, 0.29) is 5.75 Å². The normalized spacial score (nSPS) is 11.3. The Balaban J connectivity index is 2.13. The number of nitrogens with zero attached hydrogens (tertiary/aromatic N) is 1. The summed E-state index contributed by atoms with van der Waals surface area (Å²) >= 11 is 0. The van der Waals surface area contributed by atoms with Gasteiger partial charge in [0, 0.05) is 17.3 Å². The Kier molecular flexibility index (Phi) is 5.55. The summed E-state index contributed by atoms with van der Waals surface area (Å²) in [5.41, 5.74) is 3.17. The molecular weight excluding hydrogens is 276 g/mol. The number of benzene rings is 2. The fourth-order valence-corrected chi connectivity index (χ4v) is 2.27. The standard InChI is InChI=1S/C18H22N2O2/c1-20(2)13-15-7-5-4-6-14(15)11-19-12-16-10-17(22-3)8-9-18(16)21/h4-10,12,21H,11,13H2,1-3H3/p+1. The molecule has 0 fully saturated rings. The summed E-state index contributed by atoms with van der Waals surface area (Å²) in [5.74, 6) is 0.909. The van der Waals surface area contributed by atoms with Crippen molar-refractivity contribution in [1.29, 1.82) is 0 Å². The van der Waals surface area contributed by atoms with Gasteiger partial charge in [-0.15, -0.1) is 0 Å². The highest BCUT2D eigenvalue weighted by Crippen LogP contribution is 2.21. The van der Waals surface area contributed by atoms with Crippen LogP contribution in [0.3, 0.4) is 0 Å². The third-order valence-corrected chi connectivity index (χ3v) is 3.39. The van der Waals surface area contributed by atoms with E-state index in [0.29, 0.717) is 17.9 Å². The average Bonchev–Trinajstić information content (AvgIpc) is 2.50. The lowest BCUT2D eigenvalue weighted by atomic mass is 10.1. The summed E-state index contributed by atoms with van der Waals surface area (Å²) in [6.07, 6.45) is 1.69. The van der Waals surface area contributed by atoms with E-state index in [1.165, 1.54) is 16.0 Å². The van der Waals surface area contributed by atoms with Gasteiger partial charge in [-0.05, 0) is 23.8 Å². The van der Waals surface area contributed by atoms with Crippen LogP contribution in [0.5, 0.6) is 11.5 Å². The van der Waals surface area contributed by atoms with Crippen molar-refractivity contribution < 1.29 is 14.7 Å². The predicted molar refractivity (Wildman–Crippen MR) is 88.9 cm³/mol. The van der Waals surface area contributed by atoms with E-state index >= 15 is 0 Å². The summed E-state index contributed by atoms with van der Waals surface area (Å²) in [6.45, 7) is 1.57. The van der Waals surface area contributed by atoms with Crippen LogP contribution in [0.25, 0.3) is 0 Å². The van der Waals surface area contributed by atoms with Gasteiger partial charge >= 0.3 is 0 Å². The van der Waals surface area contributed by atoms with Crippen molar-refractivity contribution in [3.8, 4) is 11.5 Å². The molecule has 2 rings (SSSR count). The lowest BCUT2D eigenvalue weighted by molar-refractivity contribution is -0.872. The van der Waals surface area contributed by atoms with Crippen LogP contribution < -0.4 is 9.64 Å². The predicted octanol–water partition coefficient (Wildman–Crippen LogP) is 1.66. The van der Waals surface area contributed by atoms with E-state index in [9.17, 15) is 5.11 Å². The number of aromatic hydroxyl groups is 1. The molecule has 2 N–H and O–H groups in total. The van der Waals surface area contributed by atoms with E-state index in [0.717, 1.165) is 6.54 Å². The monoisotopic (exact) mass is 299 g/mol. The minimum Gasteiger partial charge on any atom is -0.507 e. The molecule has 0 unspecified atom stereocenters. The lowest BCUT2D eigenvalue weighted by Gasteiger charge is -2.10. The van der Waals surface area contributed by atoms with Crippen LogP contribution in [0.1, 0.15) is 16.7 Å². The Labute approximate surface area is 131 Å². The maximum absolute atomic E-state index is 9.85. The summed E-state index contributed by atoms with van der Waals surface area (Å²) in [7, 11) is 5.87. The second-order valence-electron chi connectivity index (χ2n) is 5.55. The molecule has 4 heteroatoms.